The van der Waals surface area contributed by atoms with Crippen LogP contribution in [0.4, 0.5) is 5.69 Å². The van der Waals surface area contributed by atoms with Crippen LogP contribution in [0.25, 0.3) is 0 Å². The highest BCUT2D eigenvalue weighted by Gasteiger charge is 2.15. The minimum absolute atomic E-state index is 0.0932. The van der Waals surface area contributed by atoms with Crippen LogP contribution >= 0.6 is 22.6 Å². The Balaban J connectivity index is 2.20. The third-order valence-electron chi connectivity index (χ3n) is 3.39. The van der Waals surface area contributed by atoms with Gasteiger partial charge in [0.2, 0.25) is 5.91 Å². The maximum atomic E-state index is 12.5. The standard InChI is InChI=1S/C18H18INO/c1-3-8-14-9-5-7-12-17(14)20(2)18(21)13-15-10-4-6-11-16(15)19/h3-7,9-12H,1,8,13H2,2H3. The van der Waals surface area contributed by atoms with Crippen LogP contribution < -0.4 is 4.90 Å². The highest BCUT2D eigenvalue weighted by molar-refractivity contribution is 14.1. The molecule has 0 heterocycles. The lowest BCUT2D eigenvalue weighted by Gasteiger charge is -2.20. The number of carbonyl (C=O) groups is 1. The lowest BCUT2D eigenvalue weighted by atomic mass is 10.1. The van der Waals surface area contributed by atoms with Gasteiger partial charge in [-0.25, -0.2) is 0 Å². The maximum Gasteiger partial charge on any atom is 0.231 e. The van der Waals surface area contributed by atoms with Crippen molar-refractivity contribution >= 4 is 34.2 Å². The van der Waals surface area contributed by atoms with Gasteiger partial charge in [-0.15, -0.1) is 6.58 Å². The number of allylic oxidation sites excluding steroid dienone is 1. The van der Waals surface area contributed by atoms with E-state index in [0.717, 1.165) is 26.8 Å². The van der Waals surface area contributed by atoms with Crippen molar-refractivity contribution in [3.8, 4) is 0 Å². The van der Waals surface area contributed by atoms with Crippen LogP contribution in [0.5, 0.6) is 0 Å². The fourth-order valence-electron chi connectivity index (χ4n) is 2.22. The highest BCUT2D eigenvalue weighted by atomic mass is 127. The molecule has 2 aromatic carbocycles. The summed E-state index contributed by atoms with van der Waals surface area (Å²) in [6.07, 6.45) is 3.03. The van der Waals surface area contributed by atoms with Crippen molar-refractivity contribution in [2.75, 3.05) is 11.9 Å². The van der Waals surface area contributed by atoms with Crippen LogP contribution in [0.1, 0.15) is 11.1 Å². The fraction of sp³-hybridized carbons (Fsp3) is 0.167. The van der Waals surface area contributed by atoms with Gasteiger partial charge in [-0.1, -0.05) is 42.5 Å². The van der Waals surface area contributed by atoms with E-state index >= 15 is 0 Å². The number of amides is 1. The van der Waals surface area contributed by atoms with Crippen LogP contribution in [0.2, 0.25) is 0 Å². The van der Waals surface area contributed by atoms with Crippen molar-refractivity contribution in [3.63, 3.8) is 0 Å². The van der Waals surface area contributed by atoms with Gasteiger partial charge in [0, 0.05) is 16.3 Å². The third kappa shape index (κ3) is 3.94. The van der Waals surface area contributed by atoms with Crippen molar-refractivity contribution in [1.82, 2.24) is 0 Å². The summed E-state index contributed by atoms with van der Waals surface area (Å²) in [6.45, 7) is 3.78. The maximum absolute atomic E-state index is 12.5. The number of benzene rings is 2. The average molecular weight is 391 g/mol. The Kier molecular flexibility index (Phi) is 5.56. The Labute approximate surface area is 139 Å². The molecular weight excluding hydrogens is 373 g/mol. The molecule has 0 N–H and O–H groups in total. The van der Waals surface area contributed by atoms with Crippen LogP contribution in [-0.4, -0.2) is 13.0 Å². The van der Waals surface area contributed by atoms with Gasteiger partial charge in [-0.05, 0) is 52.3 Å². The number of likely N-dealkylation sites (N-methyl/N-ethyl adjacent to an activating group) is 1. The van der Waals surface area contributed by atoms with Crippen molar-refractivity contribution in [2.24, 2.45) is 0 Å². The summed E-state index contributed by atoms with van der Waals surface area (Å²) in [7, 11) is 1.83. The molecule has 1 amide bonds. The molecule has 0 aliphatic heterocycles. The minimum Gasteiger partial charge on any atom is -0.315 e. The monoisotopic (exact) mass is 391 g/mol. The van der Waals surface area contributed by atoms with E-state index in [4.69, 9.17) is 0 Å². The largest absolute Gasteiger partial charge is 0.315 e. The second-order valence-electron chi connectivity index (χ2n) is 4.84. The minimum atomic E-state index is 0.0932. The van der Waals surface area contributed by atoms with E-state index in [9.17, 15) is 4.79 Å². The molecule has 0 aliphatic rings. The normalized spacial score (nSPS) is 10.2. The zero-order chi connectivity index (χ0) is 15.2. The molecule has 0 unspecified atom stereocenters. The number of hydrogen-bond acceptors (Lipinski definition) is 1. The first-order chi connectivity index (χ1) is 10.1. The molecule has 108 valence electrons. The lowest BCUT2D eigenvalue weighted by molar-refractivity contribution is -0.117. The van der Waals surface area contributed by atoms with Gasteiger partial charge in [0.1, 0.15) is 0 Å². The number of halogens is 1. The van der Waals surface area contributed by atoms with Crippen molar-refractivity contribution in [1.29, 1.82) is 0 Å². The predicted octanol–water partition coefficient (Wildman–Crippen LogP) is 4.23. The second-order valence-corrected chi connectivity index (χ2v) is 6.00. The molecule has 2 aromatic rings. The molecule has 0 spiro atoms. The first kappa shape index (κ1) is 15.8. The molecule has 0 saturated heterocycles. The molecule has 21 heavy (non-hydrogen) atoms. The summed E-state index contributed by atoms with van der Waals surface area (Å²) < 4.78 is 1.12. The van der Waals surface area contributed by atoms with E-state index in [1.54, 1.807) is 4.90 Å². The first-order valence-electron chi connectivity index (χ1n) is 6.82. The molecule has 2 nitrogen and oxygen atoms in total. The van der Waals surface area contributed by atoms with Gasteiger partial charge >= 0.3 is 0 Å². The summed E-state index contributed by atoms with van der Waals surface area (Å²) in [5, 5.41) is 0. The smallest absolute Gasteiger partial charge is 0.231 e. The Morgan fingerprint density at radius 1 is 1.14 bits per heavy atom. The number of para-hydroxylation sites is 1. The van der Waals surface area contributed by atoms with Gasteiger partial charge < -0.3 is 4.90 Å². The quantitative estimate of drug-likeness (QED) is 0.552. The Morgan fingerprint density at radius 3 is 2.43 bits per heavy atom. The van der Waals surface area contributed by atoms with Gasteiger partial charge in [0.25, 0.3) is 0 Å². The van der Waals surface area contributed by atoms with E-state index in [1.165, 1.54) is 0 Å². The van der Waals surface area contributed by atoms with Crippen LogP contribution in [0, 0.1) is 3.57 Å². The Hall–Kier alpha value is -1.62. The zero-order valence-electron chi connectivity index (χ0n) is 12.1. The molecule has 0 fully saturated rings. The summed E-state index contributed by atoms with van der Waals surface area (Å²) in [5.41, 5.74) is 3.13. The van der Waals surface area contributed by atoms with E-state index in [2.05, 4.69) is 29.2 Å². The molecule has 3 heteroatoms. The van der Waals surface area contributed by atoms with Gasteiger partial charge in [0.05, 0.1) is 6.42 Å². The van der Waals surface area contributed by atoms with Crippen LogP contribution in [0.15, 0.2) is 61.2 Å². The summed E-state index contributed by atoms with van der Waals surface area (Å²) >= 11 is 2.27. The van der Waals surface area contributed by atoms with E-state index in [-0.39, 0.29) is 5.91 Å². The number of hydrogen-bond donors (Lipinski definition) is 0. The SMILES string of the molecule is C=CCc1ccccc1N(C)C(=O)Cc1ccccc1I. The van der Waals surface area contributed by atoms with Gasteiger partial charge in [-0.2, -0.15) is 0 Å². The number of carbonyl (C=O) groups excluding carboxylic acids is 1. The molecule has 0 saturated carbocycles. The van der Waals surface area contributed by atoms with Gasteiger partial charge in [0.15, 0.2) is 0 Å². The zero-order valence-corrected chi connectivity index (χ0v) is 14.2. The highest BCUT2D eigenvalue weighted by Crippen LogP contribution is 2.21. The first-order valence-corrected chi connectivity index (χ1v) is 7.90. The van der Waals surface area contributed by atoms with E-state index < -0.39 is 0 Å². The second kappa shape index (κ2) is 7.41. The summed E-state index contributed by atoms with van der Waals surface area (Å²) in [6, 6.07) is 15.9. The molecule has 0 atom stereocenters. The molecule has 0 bridgehead atoms. The van der Waals surface area contributed by atoms with Crippen molar-refractivity contribution in [2.45, 2.75) is 12.8 Å². The Morgan fingerprint density at radius 2 is 1.76 bits per heavy atom. The average Bonchev–Trinajstić information content (AvgIpc) is 2.50. The van der Waals surface area contributed by atoms with E-state index in [0.29, 0.717) is 6.42 Å². The molecule has 0 aromatic heterocycles. The Bertz CT molecular complexity index is 651. The van der Waals surface area contributed by atoms with Crippen LogP contribution in [-0.2, 0) is 17.6 Å². The lowest BCUT2D eigenvalue weighted by Crippen LogP contribution is -2.29. The topological polar surface area (TPSA) is 20.3 Å². The molecular formula is C18H18INO. The van der Waals surface area contributed by atoms with Gasteiger partial charge in [-0.3, -0.25) is 4.79 Å². The summed E-state index contributed by atoms with van der Waals surface area (Å²) in [4.78, 5) is 14.3. The van der Waals surface area contributed by atoms with E-state index in [1.807, 2.05) is 61.7 Å². The molecule has 0 radical (unpaired) electrons. The van der Waals surface area contributed by atoms with Crippen LogP contribution in [0.3, 0.4) is 0 Å². The van der Waals surface area contributed by atoms with Crippen molar-refractivity contribution < 1.29 is 4.79 Å². The summed E-state index contributed by atoms with van der Waals surface area (Å²) in [5.74, 6) is 0.0932. The number of rotatable bonds is 5. The molecule has 2 rings (SSSR count). The number of nitrogens with zero attached hydrogens (tertiary/aromatic N) is 1. The fourth-order valence-corrected chi connectivity index (χ4v) is 2.80. The number of anilines is 1. The predicted molar refractivity (Wildman–Crippen MR) is 96.6 cm³/mol. The van der Waals surface area contributed by atoms with Crippen molar-refractivity contribution in [3.05, 3.63) is 75.9 Å². The third-order valence-corrected chi connectivity index (χ3v) is 4.44. The molecule has 0 aliphatic carbocycles.